The Morgan fingerprint density at radius 3 is 2.69 bits per heavy atom. The van der Waals surface area contributed by atoms with Crippen molar-refractivity contribution in [2.24, 2.45) is 0 Å². The van der Waals surface area contributed by atoms with Crippen LogP contribution in [0.4, 0.5) is 0 Å². The first-order valence-corrected chi connectivity index (χ1v) is 5.83. The summed E-state index contributed by atoms with van der Waals surface area (Å²) in [5.41, 5.74) is 1.25. The van der Waals surface area contributed by atoms with Crippen LogP contribution in [-0.2, 0) is 6.54 Å². The molecule has 0 aromatic heterocycles. The Bertz CT molecular complexity index is 336. The van der Waals surface area contributed by atoms with Crippen molar-refractivity contribution in [3.05, 3.63) is 35.1 Å². The van der Waals surface area contributed by atoms with Gasteiger partial charge in [0.25, 0.3) is 0 Å². The van der Waals surface area contributed by atoms with Crippen LogP contribution in [-0.4, -0.2) is 35.2 Å². The molecule has 0 amide bonds. The Kier molecular flexibility index (Phi) is 3.46. The van der Waals surface area contributed by atoms with Gasteiger partial charge in [0.15, 0.2) is 0 Å². The second-order valence-electron chi connectivity index (χ2n) is 4.66. The maximum atomic E-state index is 9.23. The Morgan fingerprint density at radius 1 is 1.31 bits per heavy atom. The molecular weight excluding hydrogens is 200 g/mol. The smallest absolute Gasteiger partial charge is 0.115 e. The number of aromatic hydroxyl groups is 1. The lowest BCUT2D eigenvalue weighted by Crippen LogP contribution is -2.44. The predicted octanol–water partition coefficient (Wildman–Crippen LogP) is 2.36. The molecule has 16 heavy (non-hydrogen) atoms. The number of nitrogens with zero attached hydrogens (tertiary/aromatic N) is 2. The van der Waals surface area contributed by atoms with E-state index in [1.54, 1.807) is 12.1 Å². The second kappa shape index (κ2) is 4.85. The largest absolute Gasteiger partial charge is 0.657 e. The van der Waals surface area contributed by atoms with Crippen LogP contribution >= 0.6 is 0 Å². The highest BCUT2D eigenvalue weighted by Crippen LogP contribution is 2.19. The minimum Gasteiger partial charge on any atom is -0.657 e. The maximum absolute atomic E-state index is 9.23. The molecular formula is C13H19N2O-. The van der Waals surface area contributed by atoms with Crippen molar-refractivity contribution in [3.8, 4) is 5.75 Å². The van der Waals surface area contributed by atoms with Crippen molar-refractivity contribution in [1.29, 1.82) is 0 Å². The van der Waals surface area contributed by atoms with Gasteiger partial charge in [0.1, 0.15) is 5.75 Å². The van der Waals surface area contributed by atoms with Gasteiger partial charge in [-0.3, -0.25) is 4.90 Å². The molecule has 1 aliphatic heterocycles. The van der Waals surface area contributed by atoms with Gasteiger partial charge in [-0.05, 0) is 30.3 Å². The highest BCUT2D eigenvalue weighted by atomic mass is 16.3. The molecule has 0 saturated carbocycles. The number of piperazine rings is 1. The molecule has 0 bridgehead atoms. The van der Waals surface area contributed by atoms with Gasteiger partial charge in [-0.15, -0.1) is 12.6 Å². The SMILES string of the molecule is C[C@@H]1C[N-][C@@H](C)CN1Cc1ccc(O)cc1. The molecule has 1 saturated heterocycles. The highest BCUT2D eigenvalue weighted by Gasteiger charge is 2.15. The fourth-order valence-corrected chi connectivity index (χ4v) is 2.08. The summed E-state index contributed by atoms with van der Waals surface area (Å²) in [6, 6.07) is 8.42. The number of phenolic OH excluding ortho intramolecular Hbond substituents is 1. The van der Waals surface area contributed by atoms with Crippen LogP contribution in [0, 0.1) is 0 Å². The van der Waals surface area contributed by atoms with E-state index in [4.69, 9.17) is 0 Å². The number of rotatable bonds is 2. The van der Waals surface area contributed by atoms with Crippen LogP contribution in [0.25, 0.3) is 5.32 Å². The summed E-state index contributed by atoms with van der Waals surface area (Å²) in [7, 11) is 0. The molecule has 0 aliphatic carbocycles. The Balaban J connectivity index is 2.00. The molecule has 1 aromatic rings. The summed E-state index contributed by atoms with van der Waals surface area (Å²) in [4.78, 5) is 2.45. The summed E-state index contributed by atoms with van der Waals surface area (Å²) in [5.74, 6) is 0.332. The van der Waals surface area contributed by atoms with Gasteiger partial charge >= 0.3 is 0 Å². The molecule has 88 valence electrons. The molecule has 1 aliphatic rings. The van der Waals surface area contributed by atoms with Crippen molar-refractivity contribution in [3.63, 3.8) is 0 Å². The highest BCUT2D eigenvalue weighted by molar-refractivity contribution is 5.26. The molecule has 2 rings (SSSR count). The van der Waals surface area contributed by atoms with E-state index in [2.05, 4.69) is 24.1 Å². The van der Waals surface area contributed by atoms with Gasteiger partial charge in [-0.1, -0.05) is 26.0 Å². The lowest BCUT2D eigenvalue weighted by Gasteiger charge is -2.46. The Labute approximate surface area is 97.1 Å². The van der Waals surface area contributed by atoms with Crippen molar-refractivity contribution in [2.45, 2.75) is 32.5 Å². The van der Waals surface area contributed by atoms with E-state index < -0.39 is 0 Å². The molecule has 0 unspecified atom stereocenters. The van der Waals surface area contributed by atoms with Gasteiger partial charge in [0.2, 0.25) is 0 Å². The van der Waals surface area contributed by atoms with Crippen LogP contribution < -0.4 is 0 Å². The predicted molar refractivity (Wildman–Crippen MR) is 65.7 cm³/mol. The standard InChI is InChI=1S/C13H19N2O/c1-10-8-15(11(2)7-14-10)9-12-3-5-13(16)6-4-12/h3-6,10-11,16H,7-9H2,1-2H3/q-1/t10-,11+/m0/s1. The first-order chi connectivity index (χ1) is 7.65. The molecule has 1 heterocycles. The van der Waals surface area contributed by atoms with E-state index in [0.717, 1.165) is 19.6 Å². The van der Waals surface area contributed by atoms with Crippen LogP contribution in [0.3, 0.4) is 0 Å². The zero-order valence-electron chi connectivity index (χ0n) is 9.93. The third kappa shape index (κ3) is 2.74. The molecule has 2 atom stereocenters. The number of hydrogen-bond donors (Lipinski definition) is 1. The van der Waals surface area contributed by atoms with Crippen LogP contribution in [0.1, 0.15) is 19.4 Å². The number of hydrogen-bond acceptors (Lipinski definition) is 2. The van der Waals surface area contributed by atoms with Crippen LogP contribution in [0.2, 0.25) is 0 Å². The normalized spacial score (nSPS) is 26.9. The van der Waals surface area contributed by atoms with Crippen molar-refractivity contribution < 1.29 is 5.11 Å². The molecule has 0 spiro atoms. The van der Waals surface area contributed by atoms with Crippen LogP contribution in [0.15, 0.2) is 24.3 Å². The van der Waals surface area contributed by atoms with Gasteiger partial charge in [-0.2, -0.15) is 0 Å². The fourth-order valence-electron chi connectivity index (χ4n) is 2.08. The molecule has 1 aromatic carbocycles. The Morgan fingerprint density at radius 2 is 2.00 bits per heavy atom. The van der Waals surface area contributed by atoms with Gasteiger partial charge in [-0.25, -0.2) is 0 Å². The summed E-state index contributed by atoms with van der Waals surface area (Å²) in [6.45, 7) is 7.29. The lowest BCUT2D eigenvalue weighted by molar-refractivity contribution is 0.181. The zero-order chi connectivity index (χ0) is 11.5. The summed E-state index contributed by atoms with van der Waals surface area (Å²) < 4.78 is 0. The van der Waals surface area contributed by atoms with E-state index in [9.17, 15) is 5.11 Å². The summed E-state index contributed by atoms with van der Waals surface area (Å²) in [6.07, 6.45) is 0. The third-order valence-corrected chi connectivity index (χ3v) is 3.13. The van der Waals surface area contributed by atoms with E-state index in [-0.39, 0.29) is 0 Å². The fraction of sp³-hybridized carbons (Fsp3) is 0.538. The minimum absolute atomic E-state index is 0.332. The first kappa shape index (κ1) is 11.4. The summed E-state index contributed by atoms with van der Waals surface area (Å²) >= 11 is 0. The third-order valence-electron chi connectivity index (χ3n) is 3.13. The first-order valence-electron chi connectivity index (χ1n) is 5.83. The van der Waals surface area contributed by atoms with E-state index >= 15 is 0 Å². The molecule has 0 radical (unpaired) electrons. The zero-order valence-corrected chi connectivity index (χ0v) is 9.93. The summed E-state index contributed by atoms with van der Waals surface area (Å²) in [5, 5.41) is 13.8. The maximum Gasteiger partial charge on any atom is 0.115 e. The van der Waals surface area contributed by atoms with Crippen molar-refractivity contribution in [2.75, 3.05) is 13.1 Å². The number of phenols is 1. The van der Waals surface area contributed by atoms with Gasteiger partial charge in [0, 0.05) is 6.54 Å². The van der Waals surface area contributed by atoms with Crippen molar-refractivity contribution >= 4 is 0 Å². The second-order valence-corrected chi connectivity index (χ2v) is 4.66. The molecule has 1 fully saturated rings. The quantitative estimate of drug-likeness (QED) is 0.829. The van der Waals surface area contributed by atoms with E-state index in [1.807, 2.05) is 12.1 Å². The minimum atomic E-state index is 0.332. The molecule has 3 nitrogen and oxygen atoms in total. The van der Waals surface area contributed by atoms with Gasteiger partial charge < -0.3 is 10.4 Å². The van der Waals surface area contributed by atoms with Gasteiger partial charge in [0.05, 0.1) is 0 Å². The number of benzene rings is 1. The monoisotopic (exact) mass is 219 g/mol. The Hall–Kier alpha value is -1.06. The van der Waals surface area contributed by atoms with Crippen LogP contribution in [0.5, 0.6) is 5.75 Å². The molecule has 1 N–H and O–H groups in total. The van der Waals surface area contributed by atoms with E-state index in [1.165, 1.54) is 5.56 Å². The average Bonchev–Trinajstić information content (AvgIpc) is 2.27. The average molecular weight is 219 g/mol. The molecule has 3 heteroatoms. The topological polar surface area (TPSA) is 37.6 Å². The van der Waals surface area contributed by atoms with E-state index in [0.29, 0.717) is 17.8 Å². The van der Waals surface area contributed by atoms with Crippen molar-refractivity contribution in [1.82, 2.24) is 4.90 Å². The lowest BCUT2D eigenvalue weighted by atomic mass is 10.1.